The molecule has 1 heterocycles. The summed E-state index contributed by atoms with van der Waals surface area (Å²) >= 11 is 0. The number of rotatable bonds is 4. The first kappa shape index (κ1) is 25.9. The van der Waals surface area contributed by atoms with E-state index in [0.29, 0.717) is 0 Å². The Morgan fingerprint density at radius 1 is 0.444 bits per heavy atom. The topological polar surface area (TPSA) is 16.4 Å². The Hall–Kier alpha value is -5.60. The zero-order valence-corrected chi connectivity index (χ0v) is 25.3. The fraction of sp³-hybridized carbons (Fsp3) is 0.0698. The zero-order valence-electron chi connectivity index (χ0n) is 25.3. The van der Waals surface area contributed by atoms with Crippen molar-refractivity contribution in [2.75, 3.05) is 4.90 Å². The molecule has 8 aromatic rings. The predicted molar refractivity (Wildman–Crippen MR) is 189 cm³/mol. The number of benzene rings is 7. The summed E-state index contributed by atoms with van der Waals surface area (Å²) in [4.78, 5) is 2.37. The van der Waals surface area contributed by atoms with E-state index in [9.17, 15) is 0 Å². The van der Waals surface area contributed by atoms with Crippen molar-refractivity contribution in [2.24, 2.45) is 0 Å². The Morgan fingerprint density at radius 2 is 1.13 bits per heavy atom. The summed E-state index contributed by atoms with van der Waals surface area (Å²) in [6.45, 7) is 4.68. The highest BCUT2D eigenvalue weighted by molar-refractivity contribution is 6.06. The van der Waals surface area contributed by atoms with Gasteiger partial charge in [-0.1, -0.05) is 111 Å². The first-order valence-corrected chi connectivity index (χ1v) is 15.6. The van der Waals surface area contributed by atoms with Gasteiger partial charge in [-0.2, -0.15) is 0 Å². The lowest BCUT2D eigenvalue weighted by Gasteiger charge is -2.28. The summed E-state index contributed by atoms with van der Waals surface area (Å²) in [6, 6.07) is 54.8. The summed E-state index contributed by atoms with van der Waals surface area (Å²) in [6.07, 6.45) is 0. The molecule has 0 atom stereocenters. The maximum Gasteiger partial charge on any atom is 0.137 e. The van der Waals surface area contributed by atoms with Crippen LogP contribution in [0.15, 0.2) is 156 Å². The number of fused-ring (bicyclic) bond motifs is 7. The van der Waals surface area contributed by atoms with Gasteiger partial charge in [0.1, 0.15) is 11.2 Å². The summed E-state index contributed by atoms with van der Waals surface area (Å²) < 4.78 is 6.37. The van der Waals surface area contributed by atoms with Crippen molar-refractivity contribution in [1.82, 2.24) is 0 Å². The van der Waals surface area contributed by atoms with Gasteiger partial charge in [0.15, 0.2) is 0 Å². The molecule has 0 fully saturated rings. The highest BCUT2D eigenvalue weighted by Gasteiger charge is 2.35. The molecule has 0 aliphatic heterocycles. The van der Waals surface area contributed by atoms with Crippen molar-refractivity contribution in [2.45, 2.75) is 19.3 Å². The lowest BCUT2D eigenvalue weighted by Crippen LogP contribution is -2.16. The normalized spacial score (nSPS) is 13.3. The van der Waals surface area contributed by atoms with Gasteiger partial charge in [0.25, 0.3) is 0 Å². The van der Waals surface area contributed by atoms with E-state index in [1.807, 2.05) is 12.1 Å². The maximum atomic E-state index is 6.37. The second kappa shape index (κ2) is 9.70. The second-order valence-corrected chi connectivity index (χ2v) is 12.6. The number of furan rings is 1. The highest BCUT2D eigenvalue weighted by atomic mass is 16.3. The van der Waals surface area contributed by atoms with Gasteiger partial charge in [0, 0.05) is 39.3 Å². The summed E-state index contributed by atoms with van der Waals surface area (Å²) in [5, 5.41) is 4.76. The van der Waals surface area contributed by atoms with Gasteiger partial charge in [-0.25, -0.2) is 0 Å². The molecular formula is C43H31NO. The quantitative estimate of drug-likeness (QED) is 0.207. The van der Waals surface area contributed by atoms with Crippen LogP contribution in [0, 0.1) is 0 Å². The average molecular weight is 578 g/mol. The molecule has 0 unspecified atom stereocenters. The lowest BCUT2D eigenvalue weighted by atomic mass is 9.82. The van der Waals surface area contributed by atoms with Crippen molar-refractivity contribution in [3.63, 3.8) is 0 Å². The van der Waals surface area contributed by atoms with Crippen LogP contribution in [0.25, 0.3) is 55.0 Å². The Labute approximate surface area is 262 Å². The Kier molecular flexibility index (Phi) is 5.58. The van der Waals surface area contributed by atoms with Crippen molar-refractivity contribution >= 4 is 49.8 Å². The number of para-hydroxylation sites is 1. The number of anilines is 3. The molecule has 1 aromatic heterocycles. The molecule has 0 radical (unpaired) electrons. The largest absolute Gasteiger partial charge is 0.456 e. The molecule has 0 saturated heterocycles. The molecule has 1 aliphatic rings. The Balaban J connectivity index is 1.24. The molecule has 0 bridgehead atoms. The van der Waals surface area contributed by atoms with Crippen LogP contribution in [-0.2, 0) is 5.41 Å². The van der Waals surface area contributed by atoms with Crippen LogP contribution in [0.2, 0.25) is 0 Å². The standard InChI is InChI=1S/C43H31NO/c1-43(2)39-16-7-5-14-35(39)36-22-20-33(26-40(36)43)44(34-21-23-38-37-15-6-8-17-41(37)45-42(38)27-34)32-13-9-12-30(25-32)31-19-18-28-10-3-4-11-29(28)24-31/h3-27H,1-2H3. The molecule has 1 aliphatic carbocycles. The van der Waals surface area contributed by atoms with E-state index in [1.165, 1.54) is 44.2 Å². The van der Waals surface area contributed by atoms with Crippen molar-refractivity contribution in [3.8, 4) is 22.3 Å². The first-order chi connectivity index (χ1) is 22.0. The SMILES string of the molecule is CC1(C)c2ccccc2-c2ccc(N(c3cccc(-c4ccc5ccccc5c4)c3)c3ccc4c(c3)oc3ccccc34)cc21. The molecular weight excluding hydrogens is 546 g/mol. The van der Waals surface area contributed by atoms with Crippen molar-refractivity contribution in [3.05, 3.63) is 163 Å². The van der Waals surface area contributed by atoms with E-state index < -0.39 is 0 Å². The Morgan fingerprint density at radius 3 is 2.07 bits per heavy atom. The molecule has 0 amide bonds. The first-order valence-electron chi connectivity index (χ1n) is 15.6. The molecule has 0 spiro atoms. The van der Waals surface area contributed by atoms with Crippen LogP contribution in [0.3, 0.4) is 0 Å². The number of hydrogen-bond acceptors (Lipinski definition) is 2. The van der Waals surface area contributed by atoms with E-state index in [2.05, 4.69) is 158 Å². The minimum absolute atomic E-state index is 0.0940. The van der Waals surface area contributed by atoms with E-state index in [4.69, 9.17) is 4.42 Å². The molecule has 0 N–H and O–H groups in total. The summed E-state index contributed by atoms with van der Waals surface area (Å²) in [5.41, 5.74) is 12.8. The average Bonchev–Trinajstić information content (AvgIpc) is 3.56. The van der Waals surface area contributed by atoms with Gasteiger partial charge in [0.05, 0.1) is 0 Å². The minimum atomic E-state index is -0.0940. The van der Waals surface area contributed by atoms with Gasteiger partial charge in [-0.15, -0.1) is 0 Å². The fourth-order valence-electron chi connectivity index (χ4n) is 7.33. The Bertz CT molecular complexity index is 2430. The number of nitrogens with zero attached hydrogens (tertiary/aromatic N) is 1. The molecule has 0 saturated carbocycles. The molecule has 9 rings (SSSR count). The van der Waals surface area contributed by atoms with Crippen molar-refractivity contribution in [1.29, 1.82) is 0 Å². The smallest absolute Gasteiger partial charge is 0.137 e. The fourth-order valence-corrected chi connectivity index (χ4v) is 7.33. The van der Waals surface area contributed by atoms with Gasteiger partial charge in [0.2, 0.25) is 0 Å². The van der Waals surface area contributed by atoms with Crippen LogP contribution in [0.4, 0.5) is 17.1 Å². The van der Waals surface area contributed by atoms with E-state index in [0.717, 1.165) is 39.0 Å². The lowest BCUT2D eigenvalue weighted by molar-refractivity contribution is 0.660. The zero-order chi connectivity index (χ0) is 30.1. The number of hydrogen-bond donors (Lipinski definition) is 0. The van der Waals surface area contributed by atoms with Crippen LogP contribution in [-0.4, -0.2) is 0 Å². The van der Waals surface area contributed by atoms with E-state index in [1.54, 1.807) is 0 Å². The van der Waals surface area contributed by atoms with Gasteiger partial charge < -0.3 is 9.32 Å². The third-order valence-electron chi connectivity index (χ3n) is 9.63. The summed E-state index contributed by atoms with van der Waals surface area (Å²) in [7, 11) is 0. The molecule has 2 heteroatoms. The predicted octanol–water partition coefficient (Wildman–Crippen LogP) is 12.2. The van der Waals surface area contributed by atoms with Crippen molar-refractivity contribution < 1.29 is 4.42 Å². The van der Waals surface area contributed by atoms with Crippen LogP contribution in [0.5, 0.6) is 0 Å². The second-order valence-electron chi connectivity index (χ2n) is 12.6. The van der Waals surface area contributed by atoms with Crippen LogP contribution >= 0.6 is 0 Å². The maximum absolute atomic E-state index is 6.37. The third-order valence-corrected chi connectivity index (χ3v) is 9.63. The van der Waals surface area contributed by atoms with Gasteiger partial charge in [-0.05, 0) is 92.7 Å². The monoisotopic (exact) mass is 577 g/mol. The summed E-state index contributed by atoms with van der Waals surface area (Å²) in [5.74, 6) is 0. The van der Waals surface area contributed by atoms with Crippen LogP contribution in [0.1, 0.15) is 25.0 Å². The highest BCUT2D eigenvalue weighted by Crippen LogP contribution is 2.51. The molecule has 2 nitrogen and oxygen atoms in total. The molecule has 7 aromatic carbocycles. The molecule has 45 heavy (non-hydrogen) atoms. The third kappa shape index (κ3) is 4.03. The van der Waals surface area contributed by atoms with Gasteiger partial charge >= 0.3 is 0 Å². The van der Waals surface area contributed by atoms with Crippen LogP contribution < -0.4 is 4.90 Å². The minimum Gasteiger partial charge on any atom is -0.456 e. The van der Waals surface area contributed by atoms with Gasteiger partial charge in [-0.3, -0.25) is 0 Å². The molecule has 214 valence electrons. The van der Waals surface area contributed by atoms with E-state index in [-0.39, 0.29) is 5.41 Å². The van der Waals surface area contributed by atoms with E-state index >= 15 is 0 Å².